The second-order valence-electron chi connectivity index (χ2n) is 4.05. The summed E-state index contributed by atoms with van der Waals surface area (Å²) in [5.41, 5.74) is -0.521. The third-order valence-corrected chi connectivity index (χ3v) is 1.71. The number of aliphatic hydroxyl groups is 2. The first kappa shape index (κ1) is 11.9. The largest absolute Gasteiger partial charge is 0.491 e. The zero-order valence-corrected chi connectivity index (χ0v) is 8.83. The van der Waals surface area contributed by atoms with Crippen LogP contribution in [0.4, 0.5) is 4.39 Å². The molecule has 4 heteroatoms. The van der Waals surface area contributed by atoms with Crippen molar-refractivity contribution in [2.75, 3.05) is 6.61 Å². The van der Waals surface area contributed by atoms with Crippen LogP contribution >= 0.6 is 0 Å². The van der Waals surface area contributed by atoms with Gasteiger partial charge < -0.3 is 14.9 Å². The molecule has 1 aromatic rings. The van der Waals surface area contributed by atoms with Crippen LogP contribution in [0.3, 0.4) is 0 Å². The molecule has 0 aromatic heterocycles. The SMILES string of the molecule is CC(C)(O)COc1cc(F)cc(CO)c1. The third kappa shape index (κ3) is 4.27. The summed E-state index contributed by atoms with van der Waals surface area (Å²) in [7, 11) is 0. The average molecular weight is 214 g/mol. The Labute approximate surface area is 88.1 Å². The van der Waals surface area contributed by atoms with Gasteiger partial charge in [0.15, 0.2) is 0 Å². The molecule has 0 aliphatic rings. The molecule has 0 bridgehead atoms. The molecule has 0 aliphatic carbocycles. The van der Waals surface area contributed by atoms with Crippen molar-refractivity contribution in [2.45, 2.75) is 26.1 Å². The number of halogens is 1. The van der Waals surface area contributed by atoms with Gasteiger partial charge in [-0.25, -0.2) is 4.39 Å². The molecule has 0 atom stereocenters. The predicted molar refractivity (Wildman–Crippen MR) is 54.1 cm³/mol. The summed E-state index contributed by atoms with van der Waals surface area (Å²) in [6.45, 7) is 3.02. The maximum atomic E-state index is 13.0. The van der Waals surface area contributed by atoms with Crippen molar-refractivity contribution in [1.82, 2.24) is 0 Å². The fourth-order valence-electron chi connectivity index (χ4n) is 1.06. The van der Waals surface area contributed by atoms with E-state index in [1.54, 1.807) is 13.8 Å². The van der Waals surface area contributed by atoms with E-state index in [1.165, 1.54) is 18.2 Å². The molecule has 1 aromatic carbocycles. The molecule has 0 fully saturated rings. The van der Waals surface area contributed by atoms with Crippen LogP contribution in [0.25, 0.3) is 0 Å². The van der Waals surface area contributed by atoms with Crippen LogP contribution in [-0.4, -0.2) is 22.4 Å². The van der Waals surface area contributed by atoms with Crippen molar-refractivity contribution < 1.29 is 19.3 Å². The van der Waals surface area contributed by atoms with E-state index >= 15 is 0 Å². The van der Waals surface area contributed by atoms with Crippen LogP contribution in [-0.2, 0) is 6.61 Å². The topological polar surface area (TPSA) is 49.7 Å². The zero-order chi connectivity index (χ0) is 11.5. The Balaban J connectivity index is 2.73. The molecular weight excluding hydrogens is 199 g/mol. The Hall–Kier alpha value is -1.13. The quantitative estimate of drug-likeness (QED) is 0.798. The maximum absolute atomic E-state index is 13.0. The third-order valence-electron chi connectivity index (χ3n) is 1.71. The van der Waals surface area contributed by atoms with Gasteiger partial charge in [0.05, 0.1) is 12.2 Å². The van der Waals surface area contributed by atoms with Gasteiger partial charge >= 0.3 is 0 Å². The van der Waals surface area contributed by atoms with Gasteiger partial charge in [-0.2, -0.15) is 0 Å². The first-order chi connectivity index (χ1) is 6.90. The van der Waals surface area contributed by atoms with Crippen LogP contribution in [0.5, 0.6) is 5.75 Å². The Morgan fingerprint density at radius 3 is 2.53 bits per heavy atom. The van der Waals surface area contributed by atoms with E-state index in [1.807, 2.05) is 0 Å². The van der Waals surface area contributed by atoms with Crippen molar-refractivity contribution in [3.05, 3.63) is 29.6 Å². The molecule has 0 unspecified atom stereocenters. The lowest BCUT2D eigenvalue weighted by molar-refractivity contribution is 0.0283. The summed E-state index contributed by atoms with van der Waals surface area (Å²) in [5, 5.41) is 18.2. The van der Waals surface area contributed by atoms with Crippen LogP contribution < -0.4 is 4.74 Å². The molecule has 0 heterocycles. The minimum absolute atomic E-state index is 0.0708. The summed E-state index contributed by atoms with van der Waals surface area (Å²) in [6.07, 6.45) is 0. The first-order valence-corrected chi connectivity index (χ1v) is 4.66. The van der Waals surface area contributed by atoms with Gasteiger partial charge in [0.2, 0.25) is 0 Å². The van der Waals surface area contributed by atoms with E-state index in [9.17, 15) is 9.50 Å². The number of ether oxygens (including phenoxy) is 1. The first-order valence-electron chi connectivity index (χ1n) is 4.66. The molecule has 0 radical (unpaired) electrons. The summed E-state index contributed by atoms with van der Waals surface area (Å²) in [5.74, 6) is -0.159. The number of benzene rings is 1. The van der Waals surface area contributed by atoms with Gasteiger partial charge in [-0.3, -0.25) is 0 Å². The van der Waals surface area contributed by atoms with E-state index in [0.717, 1.165) is 0 Å². The van der Waals surface area contributed by atoms with Gasteiger partial charge in [0.25, 0.3) is 0 Å². The number of hydrogen-bond acceptors (Lipinski definition) is 3. The van der Waals surface area contributed by atoms with Gasteiger partial charge in [-0.05, 0) is 31.5 Å². The highest BCUT2D eigenvalue weighted by atomic mass is 19.1. The van der Waals surface area contributed by atoms with E-state index in [-0.39, 0.29) is 13.2 Å². The fourth-order valence-corrected chi connectivity index (χ4v) is 1.06. The van der Waals surface area contributed by atoms with Crippen molar-refractivity contribution in [2.24, 2.45) is 0 Å². The predicted octanol–water partition coefficient (Wildman–Crippen LogP) is 1.47. The van der Waals surface area contributed by atoms with Crippen LogP contribution in [0.15, 0.2) is 18.2 Å². The number of hydrogen-bond donors (Lipinski definition) is 2. The molecule has 0 amide bonds. The lowest BCUT2D eigenvalue weighted by Crippen LogP contribution is -2.27. The molecule has 2 N–H and O–H groups in total. The summed E-state index contributed by atoms with van der Waals surface area (Å²) in [6, 6.07) is 3.98. The molecule has 3 nitrogen and oxygen atoms in total. The average Bonchev–Trinajstić information content (AvgIpc) is 2.13. The monoisotopic (exact) mass is 214 g/mol. The Morgan fingerprint density at radius 1 is 1.33 bits per heavy atom. The molecule has 0 saturated carbocycles. The smallest absolute Gasteiger partial charge is 0.127 e. The number of rotatable bonds is 4. The van der Waals surface area contributed by atoms with Gasteiger partial charge in [-0.1, -0.05) is 0 Å². The molecule has 1 rings (SSSR count). The molecule has 0 saturated heterocycles. The van der Waals surface area contributed by atoms with Crippen LogP contribution in [0.2, 0.25) is 0 Å². The van der Waals surface area contributed by atoms with E-state index in [4.69, 9.17) is 9.84 Å². The standard InChI is InChI=1S/C11H15FO3/c1-11(2,14)7-15-10-4-8(6-13)3-9(12)5-10/h3-5,13-14H,6-7H2,1-2H3. The van der Waals surface area contributed by atoms with Crippen LogP contribution in [0, 0.1) is 5.82 Å². The highest BCUT2D eigenvalue weighted by Crippen LogP contribution is 2.17. The number of aliphatic hydroxyl groups excluding tert-OH is 1. The Morgan fingerprint density at radius 2 is 2.00 bits per heavy atom. The summed E-state index contributed by atoms with van der Waals surface area (Å²) < 4.78 is 18.2. The van der Waals surface area contributed by atoms with Crippen LogP contribution in [0.1, 0.15) is 19.4 Å². The van der Waals surface area contributed by atoms with Crippen molar-refractivity contribution in [3.8, 4) is 5.75 Å². The van der Waals surface area contributed by atoms with Crippen molar-refractivity contribution in [1.29, 1.82) is 0 Å². The van der Waals surface area contributed by atoms with E-state index in [0.29, 0.717) is 11.3 Å². The molecule has 84 valence electrons. The van der Waals surface area contributed by atoms with Gasteiger partial charge in [-0.15, -0.1) is 0 Å². The zero-order valence-electron chi connectivity index (χ0n) is 8.83. The fraction of sp³-hybridized carbons (Fsp3) is 0.455. The second kappa shape index (κ2) is 4.59. The minimum Gasteiger partial charge on any atom is -0.491 e. The summed E-state index contributed by atoms with van der Waals surface area (Å²) in [4.78, 5) is 0. The van der Waals surface area contributed by atoms with E-state index in [2.05, 4.69) is 0 Å². The lowest BCUT2D eigenvalue weighted by Gasteiger charge is -2.18. The summed E-state index contributed by atoms with van der Waals surface area (Å²) >= 11 is 0. The molecule has 0 spiro atoms. The molecule has 15 heavy (non-hydrogen) atoms. The van der Waals surface area contributed by atoms with Gasteiger partial charge in [0.1, 0.15) is 18.2 Å². The maximum Gasteiger partial charge on any atom is 0.127 e. The molecule has 0 aliphatic heterocycles. The second-order valence-corrected chi connectivity index (χ2v) is 4.05. The Bertz CT molecular complexity index is 331. The minimum atomic E-state index is -0.967. The van der Waals surface area contributed by atoms with Crippen molar-refractivity contribution in [3.63, 3.8) is 0 Å². The Kier molecular flexibility index (Phi) is 3.66. The van der Waals surface area contributed by atoms with Crippen molar-refractivity contribution >= 4 is 0 Å². The molecular formula is C11H15FO3. The highest BCUT2D eigenvalue weighted by molar-refractivity contribution is 5.29. The van der Waals surface area contributed by atoms with E-state index < -0.39 is 11.4 Å². The lowest BCUT2D eigenvalue weighted by atomic mass is 10.1. The van der Waals surface area contributed by atoms with Gasteiger partial charge in [0, 0.05) is 6.07 Å². The normalized spacial score (nSPS) is 11.5. The highest BCUT2D eigenvalue weighted by Gasteiger charge is 2.13.